The molecule has 0 aliphatic heterocycles. The van der Waals surface area contributed by atoms with Gasteiger partial charge in [0.15, 0.2) is 5.58 Å². The van der Waals surface area contributed by atoms with E-state index in [2.05, 4.69) is 11.4 Å². The van der Waals surface area contributed by atoms with Gasteiger partial charge in [0, 0.05) is 10.9 Å². The van der Waals surface area contributed by atoms with Crippen molar-refractivity contribution in [3.8, 4) is 6.07 Å². The number of benzene rings is 1. The van der Waals surface area contributed by atoms with Crippen molar-refractivity contribution in [3.63, 3.8) is 0 Å². The van der Waals surface area contributed by atoms with Gasteiger partial charge in [0.25, 0.3) is 5.69 Å². The number of carbonyl (C=O) groups is 1. The Labute approximate surface area is 168 Å². The number of aryl methyl sites for hydroxylation is 1. The van der Waals surface area contributed by atoms with Gasteiger partial charge in [0.2, 0.25) is 5.91 Å². The van der Waals surface area contributed by atoms with E-state index in [-0.39, 0.29) is 17.8 Å². The van der Waals surface area contributed by atoms with E-state index in [1.54, 1.807) is 0 Å². The lowest BCUT2D eigenvalue weighted by atomic mass is 10.1. The van der Waals surface area contributed by atoms with Crippen LogP contribution in [0.1, 0.15) is 35.3 Å². The number of nitrogens with one attached hydrogen (secondary N) is 1. The Kier molecular flexibility index (Phi) is 4.90. The molecule has 1 aliphatic rings. The highest BCUT2D eigenvalue weighted by molar-refractivity contribution is 7.16. The second kappa shape index (κ2) is 7.52. The van der Waals surface area contributed by atoms with Crippen molar-refractivity contribution in [1.82, 2.24) is 4.57 Å². The van der Waals surface area contributed by atoms with Crippen molar-refractivity contribution in [1.29, 1.82) is 5.26 Å². The van der Waals surface area contributed by atoms with Crippen molar-refractivity contribution >= 4 is 39.0 Å². The molecule has 4 rings (SSSR count). The minimum Gasteiger partial charge on any atom is -0.407 e. The summed E-state index contributed by atoms with van der Waals surface area (Å²) in [6.45, 7) is -0.322. The summed E-state index contributed by atoms with van der Waals surface area (Å²) in [5.41, 5.74) is 1.64. The van der Waals surface area contributed by atoms with Crippen LogP contribution in [0.4, 0.5) is 10.7 Å². The van der Waals surface area contributed by atoms with Crippen LogP contribution in [0.15, 0.2) is 27.4 Å². The number of aromatic nitrogens is 1. The first-order valence-corrected chi connectivity index (χ1v) is 9.92. The number of nitrogens with zero attached hydrogens (tertiary/aromatic N) is 3. The fourth-order valence-corrected chi connectivity index (χ4v) is 4.83. The molecule has 1 aromatic carbocycles. The molecule has 10 heteroatoms. The monoisotopic (exact) mass is 412 g/mol. The fourth-order valence-electron chi connectivity index (χ4n) is 3.58. The molecule has 3 aromatic rings. The summed E-state index contributed by atoms with van der Waals surface area (Å²) in [6, 6.07) is 5.97. The molecule has 0 spiro atoms. The van der Waals surface area contributed by atoms with Crippen LogP contribution in [0.25, 0.3) is 11.1 Å². The summed E-state index contributed by atoms with van der Waals surface area (Å²) in [4.78, 5) is 36.1. The van der Waals surface area contributed by atoms with Crippen LogP contribution in [0.5, 0.6) is 0 Å². The molecule has 0 saturated heterocycles. The summed E-state index contributed by atoms with van der Waals surface area (Å²) in [5.74, 6) is -1.25. The van der Waals surface area contributed by atoms with E-state index >= 15 is 0 Å². The molecule has 2 aromatic heterocycles. The molecule has 29 heavy (non-hydrogen) atoms. The number of thiophene rings is 1. The van der Waals surface area contributed by atoms with E-state index in [0.29, 0.717) is 16.1 Å². The zero-order chi connectivity index (χ0) is 20.5. The smallest absolute Gasteiger partial charge is 0.407 e. The zero-order valence-corrected chi connectivity index (χ0v) is 16.1. The molecular weight excluding hydrogens is 396 g/mol. The number of nitro groups is 1. The number of carbonyl (C=O) groups excluding carboxylic acids is 1. The van der Waals surface area contributed by atoms with Crippen LogP contribution in [0.3, 0.4) is 0 Å². The number of oxazole rings is 1. The van der Waals surface area contributed by atoms with Crippen molar-refractivity contribution in [3.05, 3.63) is 54.9 Å². The van der Waals surface area contributed by atoms with Gasteiger partial charge in [-0.1, -0.05) is 6.42 Å². The SMILES string of the molecule is N#Cc1c(NC(=O)Cn2c(=O)oc3cc([N+](=O)[O-])ccc32)sc2c1CCCCC2. The third kappa shape index (κ3) is 3.52. The maximum atomic E-state index is 12.6. The third-order valence-corrected chi connectivity index (χ3v) is 6.16. The summed E-state index contributed by atoms with van der Waals surface area (Å²) >= 11 is 1.41. The minimum absolute atomic E-state index is 0.0394. The Bertz CT molecular complexity index is 1230. The average Bonchev–Trinajstić information content (AvgIpc) is 3.06. The number of fused-ring (bicyclic) bond motifs is 2. The highest BCUT2D eigenvalue weighted by atomic mass is 32.1. The lowest BCUT2D eigenvalue weighted by Crippen LogP contribution is -2.24. The predicted molar refractivity (Wildman–Crippen MR) is 106 cm³/mol. The summed E-state index contributed by atoms with van der Waals surface area (Å²) < 4.78 is 6.15. The van der Waals surface area contributed by atoms with E-state index in [1.807, 2.05) is 0 Å². The highest BCUT2D eigenvalue weighted by Gasteiger charge is 2.22. The maximum absolute atomic E-state index is 12.6. The minimum atomic E-state index is -0.780. The molecular formula is C19H16N4O5S. The molecule has 2 heterocycles. The molecule has 0 fully saturated rings. The Morgan fingerprint density at radius 1 is 1.34 bits per heavy atom. The molecule has 1 aliphatic carbocycles. The first-order chi connectivity index (χ1) is 14.0. The maximum Gasteiger partial charge on any atom is 0.420 e. The quantitative estimate of drug-likeness (QED) is 0.397. The van der Waals surface area contributed by atoms with Crippen LogP contribution >= 0.6 is 11.3 Å². The van der Waals surface area contributed by atoms with E-state index in [4.69, 9.17) is 4.42 Å². The molecule has 0 atom stereocenters. The standard InChI is InChI=1S/C19H16N4O5S/c20-9-13-12-4-2-1-3-5-16(12)29-18(13)21-17(24)10-22-14-7-6-11(23(26)27)8-15(14)28-19(22)25/h6-8H,1-5,10H2,(H,21,24). The molecule has 1 amide bonds. The van der Waals surface area contributed by atoms with Gasteiger partial charge in [0.05, 0.1) is 22.1 Å². The topological polar surface area (TPSA) is 131 Å². The van der Waals surface area contributed by atoms with E-state index in [1.165, 1.54) is 23.5 Å². The van der Waals surface area contributed by atoms with Gasteiger partial charge in [0.1, 0.15) is 17.6 Å². The number of rotatable bonds is 4. The van der Waals surface area contributed by atoms with Gasteiger partial charge in [-0.15, -0.1) is 11.3 Å². The van der Waals surface area contributed by atoms with Gasteiger partial charge < -0.3 is 9.73 Å². The second-order valence-corrected chi connectivity index (χ2v) is 7.90. The molecule has 0 bridgehead atoms. The average molecular weight is 412 g/mol. The zero-order valence-electron chi connectivity index (χ0n) is 15.3. The molecule has 0 unspecified atom stereocenters. The van der Waals surface area contributed by atoms with Gasteiger partial charge in [-0.3, -0.25) is 19.5 Å². The van der Waals surface area contributed by atoms with Crippen molar-refractivity contribution in [2.45, 2.75) is 38.6 Å². The Hall–Kier alpha value is -3.45. The molecule has 1 N–H and O–H groups in total. The number of non-ortho nitro benzene ring substituents is 1. The highest BCUT2D eigenvalue weighted by Crippen LogP contribution is 2.37. The first kappa shape index (κ1) is 18.9. The Morgan fingerprint density at radius 2 is 2.14 bits per heavy atom. The second-order valence-electron chi connectivity index (χ2n) is 6.79. The van der Waals surface area contributed by atoms with Crippen LogP contribution in [-0.4, -0.2) is 15.4 Å². The van der Waals surface area contributed by atoms with Crippen LogP contribution in [0, 0.1) is 21.4 Å². The van der Waals surface area contributed by atoms with E-state index < -0.39 is 16.6 Å². The molecule has 0 saturated carbocycles. The summed E-state index contributed by atoms with van der Waals surface area (Å²) in [7, 11) is 0. The van der Waals surface area contributed by atoms with Gasteiger partial charge in [-0.25, -0.2) is 4.79 Å². The predicted octanol–water partition coefficient (Wildman–Crippen LogP) is 3.34. The third-order valence-electron chi connectivity index (χ3n) is 4.95. The largest absolute Gasteiger partial charge is 0.420 e. The number of nitro benzene ring substituents is 1. The lowest BCUT2D eigenvalue weighted by Gasteiger charge is -2.05. The normalized spacial score (nSPS) is 13.5. The number of nitriles is 1. The fraction of sp³-hybridized carbons (Fsp3) is 0.316. The Morgan fingerprint density at radius 3 is 2.90 bits per heavy atom. The molecule has 0 radical (unpaired) electrons. The number of amides is 1. The number of hydrogen-bond donors (Lipinski definition) is 1. The Balaban J connectivity index is 1.60. The number of hydrogen-bond acceptors (Lipinski definition) is 7. The van der Waals surface area contributed by atoms with Crippen LogP contribution in [-0.2, 0) is 24.2 Å². The van der Waals surface area contributed by atoms with Gasteiger partial charge in [-0.05, 0) is 37.3 Å². The van der Waals surface area contributed by atoms with Crippen LogP contribution in [0.2, 0.25) is 0 Å². The number of anilines is 1. The summed E-state index contributed by atoms with van der Waals surface area (Å²) in [6.07, 6.45) is 4.94. The van der Waals surface area contributed by atoms with Crippen molar-refractivity contribution in [2.75, 3.05) is 5.32 Å². The van der Waals surface area contributed by atoms with E-state index in [9.17, 15) is 25.0 Å². The lowest BCUT2D eigenvalue weighted by molar-refractivity contribution is -0.384. The first-order valence-electron chi connectivity index (χ1n) is 9.10. The van der Waals surface area contributed by atoms with Gasteiger partial charge >= 0.3 is 5.76 Å². The van der Waals surface area contributed by atoms with Gasteiger partial charge in [-0.2, -0.15) is 5.26 Å². The van der Waals surface area contributed by atoms with E-state index in [0.717, 1.165) is 53.2 Å². The van der Waals surface area contributed by atoms with Crippen LogP contribution < -0.4 is 11.1 Å². The molecule has 9 nitrogen and oxygen atoms in total. The molecule has 148 valence electrons. The van der Waals surface area contributed by atoms with Crippen molar-refractivity contribution < 1.29 is 14.1 Å². The van der Waals surface area contributed by atoms with Crippen molar-refractivity contribution in [2.24, 2.45) is 0 Å². The summed E-state index contributed by atoms with van der Waals surface area (Å²) in [5, 5.41) is 23.7.